The summed E-state index contributed by atoms with van der Waals surface area (Å²) in [6, 6.07) is 0. The maximum absolute atomic E-state index is 11.7. The SMILES string of the molecule is CCC1(CCN(C)CC(=O)OC(C)(C)C)COC1. The molecular formula is C14H27NO3. The average molecular weight is 257 g/mol. The molecule has 1 heterocycles. The van der Waals surface area contributed by atoms with E-state index in [1.807, 2.05) is 32.7 Å². The van der Waals surface area contributed by atoms with E-state index in [0.29, 0.717) is 12.0 Å². The fourth-order valence-corrected chi connectivity index (χ4v) is 2.02. The summed E-state index contributed by atoms with van der Waals surface area (Å²) in [6.07, 6.45) is 2.23. The van der Waals surface area contributed by atoms with E-state index < -0.39 is 5.60 Å². The van der Waals surface area contributed by atoms with Crippen LogP contribution in [-0.2, 0) is 14.3 Å². The summed E-state index contributed by atoms with van der Waals surface area (Å²) in [5.74, 6) is -0.152. The Kier molecular flexibility index (Phi) is 5.17. The number of ether oxygens (including phenoxy) is 2. The Labute approximate surface area is 111 Å². The van der Waals surface area contributed by atoms with Crippen LogP contribution in [0.4, 0.5) is 0 Å². The molecule has 0 aromatic heterocycles. The van der Waals surface area contributed by atoms with Crippen LogP contribution in [0.15, 0.2) is 0 Å². The maximum atomic E-state index is 11.7. The summed E-state index contributed by atoms with van der Waals surface area (Å²) < 4.78 is 10.6. The molecule has 0 aromatic carbocycles. The Morgan fingerprint density at radius 3 is 2.39 bits per heavy atom. The molecule has 0 saturated carbocycles. The molecule has 0 bridgehead atoms. The molecule has 0 spiro atoms. The summed E-state index contributed by atoms with van der Waals surface area (Å²) in [7, 11) is 1.97. The van der Waals surface area contributed by atoms with Gasteiger partial charge in [-0.25, -0.2) is 0 Å². The average Bonchev–Trinajstić information content (AvgIpc) is 2.13. The largest absolute Gasteiger partial charge is 0.459 e. The molecule has 0 N–H and O–H groups in total. The van der Waals surface area contributed by atoms with E-state index >= 15 is 0 Å². The third-order valence-corrected chi connectivity index (χ3v) is 3.41. The third-order valence-electron chi connectivity index (χ3n) is 3.41. The van der Waals surface area contributed by atoms with Gasteiger partial charge < -0.3 is 9.47 Å². The zero-order valence-corrected chi connectivity index (χ0v) is 12.4. The first-order valence-electron chi connectivity index (χ1n) is 6.74. The van der Waals surface area contributed by atoms with E-state index in [2.05, 4.69) is 6.92 Å². The fraction of sp³-hybridized carbons (Fsp3) is 0.929. The standard InChI is InChI=1S/C14H27NO3/c1-6-14(10-17-11-14)7-8-15(5)9-12(16)18-13(2,3)4/h6-11H2,1-5H3. The minimum Gasteiger partial charge on any atom is -0.459 e. The van der Waals surface area contributed by atoms with Gasteiger partial charge in [-0.15, -0.1) is 0 Å². The van der Waals surface area contributed by atoms with E-state index in [1.54, 1.807) is 0 Å². The highest BCUT2D eigenvalue weighted by molar-refractivity contribution is 5.72. The molecule has 18 heavy (non-hydrogen) atoms. The number of nitrogens with zero attached hydrogens (tertiary/aromatic N) is 1. The number of likely N-dealkylation sites (N-methyl/N-ethyl adjacent to an activating group) is 1. The first-order valence-corrected chi connectivity index (χ1v) is 6.74. The first kappa shape index (κ1) is 15.4. The van der Waals surface area contributed by atoms with Gasteiger partial charge >= 0.3 is 5.97 Å². The molecule has 0 atom stereocenters. The topological polar surface area (TPSA) is 38.8 Å². The second kappa shape index (κ2) is 6.02. The number of hydrogen-bond donors (Lipinski definition) is 0. The minimum atomic E-state index is -0.398. The van der Waals surface area contributed by atoms with Crippen LogP contribution in [0.3, 0.4) is 0 Å². The molecule has 0 aliphatic carbocycles. The van der Waals surface area contributed by atoms with Crippen molar-refractivity contribution >= 4 is 5.97 Å². The number of hydrogen-bond acceptors (Lipinski definition) is 4. The van der Waals surface area contributed by atoms with E-state index in [1.165, 1.54) is 0 Å². The van der Waals surface area contributed by atoms with Crippen LogP contribution in [0, 0.1) is 5.41 Å². The van der Waals surface area contributed by atoms with Gasteiger partial charge in [-0.3, -0.25) is 9.69 Å². The number of rotatable bonds is 6. The van der Waals surface area contributed by atoms with Gasteiger partial charge in [-0.2, -0.15) is 0 Å². The van der Waals surface area contributed by atoms with Crippen molar-refractivity contribution in [3.8, 4) is 0 Å². The molecule has 106 valence electrons. The monoisotopic (exact) mass is 257 g/mol. The van der Waals surface area contributed by atoms with Crippen LogP contribution >= 0.6 is 0 Å². The van der Waals surface area contributed by atoms with Gasteiger partial charge in [0.2, 0.25) is 0 Å². The zero-order valence-electron chi connectivity index (χ0n) is 12.4. The van der Waals surface area contributed by atoms with E-state index in [9.17, 15) is 4.79 Å². The molecule has 0 aromatic rings. The Bertz CT molecular complexity index is 274. The maximum Gasteiger partial charge on any atom is 0.320 e. The molecule has 1 saturated heterocycles. The molecule has 4 heteroatoms. The Morgan fingerprint density at radius 1 is 1.39 bits per heavy atom. The predicted octanol–water partition coefficient (Wildman–Crippen LogP) is 2.08. The Balaban J connectivity index is 2.25. The smallest absolute Gasteiger partial charge is 0.320 e. The summed E-state index contributed by atoms with van der Waals surface area (Å²) in [5, 5.41) is 0. The van der Waals surface area contributed by atoms with Gasteiger partial charge in [-0.1, -0.05) is 6.92 Å². The fourth-order valence-electron chi connectivity index (χ4n) is 2.02. The van der Waals surface area contributed by atoms with Gasteiger partial charge in [0.05, 0.1) is 19.8 Å². The van der Waals surface area contributed by atoms with Gasteiger partial charge in [0.15, 0.2) is 0 Å². The first-order chi connectivity index (χ1) is 8.26. The number of esters is 1. The van der Waals surface area contributed by atoms with Crippen molar-refractivity contribution in [2.45, 2.75) is 46.1 Å². The van der Waals surface area contributed by atoms with Gasteiger partial charge in [0, 0.05) is 5.41 Å². The molecule has 1 aliphatic rings. The van der Waals surface area contributed by atoms with E-state index in [-0.39, 0.29) is 5.97 Å². The predicted molar refractivity (Wildman–Crippen MR) is 71.5 cm³/mol. The molecule has 4 nitrogen and oxygen atoms in total. The van der Waals surface area contributed by atoms with Crippen LogP contribution < -0.4 is 0 Å². The molecule has 0 amide bonds. The highest BCUT2D eigenvalue weighted by Gasteiger charge is 2.36. The van der Waals surface area contributed by atoms with Crippen LogP contribution in [0.5, 0.6) is 0 Å². The van der Waals surface area contributed by atoms with Crippen LogP contribution in [0.2, 0.25) is 0 Å². The highest BCUT2D eigenvalue weighted by atomic mass is 16.6. The Hall–Kier alpha value is -0.610. The molecule has 1 aliphatic heterocycles. The lowest BCUT2D eigenvalue weighted by Crippen LogP contribution is -2.44. The van der Waals surface area contributed by atoms with Gasteiger partial charge in [0.1, 0.15) is 5.60 Å². The molecule has 1 fully saturated rings. The van der Waals surface area contributed by atoms with E-state index in [4.69, 9.17) is 9.47 Å². The molecule has 1 rings (SSSR count). The van der Waals surface area contributed by atoms with Gasteiger partial charge in [0.25, 0.3) is 0 Å². The number of carbonyl (C=O) groups is 1. The van der Waals surface area contributed by atoms with E-state index in [0.717, 1.165) is 32.6 Å². The highest BCUT2D eigenvalue weighted by Crippen LogP contribution is 2.34. The van der Waals surface area contributed by atoms with Crippen molar-refractivity contribution in [3.05, 3.63) is 0 Å². The van der Waals surface area contributed by atoms with Crippen LogP contribution in [0.25, 0.3) is 0 Å². The van der Waals surface area contributed by atoms with Crippen molar-refractivity contribution < 1.29 is 14.3 Å². The molecular weight excluding hydrogens is 230 g/mol. The lowest BCUT2D eigenvalue weighted by molar-refractivity contribution is -0.156. The third kappa shape index (κ3) is 4.94. The van der Waals surface area contributed by atoms with Crippen LogP contribution in [-0.4, -0.2) is 49.8 Å². The van der Waals surface area contributed by atoms with Crippen molar-refractivity contribution in [1.29, 1.82) is 0 Å². The second-order valence-electron chi connectivity index (χ2n) is 6.42. The van der Waals surface area contributed by atoms with Crippen molar-refractivity contribution in [2.75, 3.05) is 33.4 Å². The molecule has 0 unspecified atom stereocenters. The summed E-state index contributed by atoms with van der Waals surface area (Å²) in [4.78, 5) is 13.7. The quantitative estimate of drug-likeness (QED) is 0.683. The lowest BCUT2D eigenvalue weighted by Gasteiger charge is -2.41. The lowest BCUT2D eigenvalue weighted by atomic mass is 9.80. The Morgan fingerprint density at radius 2 is 2.00 bits per heavy atom. The van der Waals surface area contributed by atoms with Crippen molar-refractivity contribution in [3.63, 3.8) is 0 Å². The normalized spacial score (nSPS) is 18.6. The number of carbonyl (C=O) groups excluding carboxylic acids is 1. The minimum absolute atomic E-state index is 0.152. The summed E-state index contributed by atoms with van der Waals surface area (Å²) >= 11 is 0. The van der Waals surface area contributed by atoms with Crippen molar-refractivity contribution in [2.24, 2.45) is 5.41 Å². The van der Waals surface area contributed by atoms with Crippen LogP contribution in [0.1, 0.15) is 40.5 Å². The van der Waals surface area contributed by atoms with Gasteiger partial charge in [-0.05, 0) is 47.2 Å². The second-order valence-corrected chi connectivity index (χ2v) is 6.42. The van der Waals surface area contributed by atoms with Crippen molar-refractivity contribution in [1.82, 2.24) is 4.90 Å². The summed E-state index contributed by atoms with van der Waals surface area (Å²) in [6.45, 7) is 10.9. The molecule has 0 radical (unpaired) electrons. The zero-order chi connectivity index (χ0) is 13.8. The summed E-state index contributed by atoms with van der Waals surface area (Å²) in [5.41, 5.74) is -0.0490.